The van der Waals surface area contributed by atoms with E-state index in [2.05, 4.69) is 45.3 Å². The number of hydrogen-bond donors (Lipinski definition) is 4. The number of carbonyl (C=O) groups is 2. The van der Waals surface area contributed by atoms with Gasteiger partial charge in [0.25, 0.3) is 11.5 Å². The van der Waals surface area contributed by atoms with E-state index in [0.717, 1.165) is 0 Å². The second-order valence-corrected chi connectivity index (χ2v) is 17.6. The van der Waals surface area contributed by atoms with Crippen LogP contribution in [0.2, 0.25) is 0 Å². The maximum Gasteiger partial charge on any atom is 0.475 e. The fraction of sp³-hybridized carbons (Fsp3) is 0.457. The van der Waals surface area contributed by atoms with E-state index in [1.165, 1.54) is 28.1 Å². The highest BCUT2D eigenvalue weighted by Crippen LogP contribution is 2.55. The molecule has 1 aromatic carbocycles. The number of hydrogen-bond acceptors (Lipinski definition) is 18. The monoisotopic (exact) mass is 882 g/mol. The van der Waals surface area contributed by atoms with Gasteiger partial charge in [0.2, 0.25) is 11.9 Å². The van der Waals surface area contributed by atoms with Gasteiger partial charge in [0.1, 0.15) is 24.8 Å². The SMILES string of the molecule is CC(C)C(=O)Nc1nc2c(ncn2[C@@H]2O[C@@H]3COS(=O)(=O)N[C@H]4C[C@H](n5cnc6c(NC(=O)c7ccccc7)ncnc65)O[C@@H]4COP(=O)(OCCC#N)O[C@@H]2[C@@H]3C)c(=O)[nH]1. The van der Waals surface area contributed by atoms with Gasteiger partial charge in [0, 0.05) is 23.8 Å². The second-order valence-electron chi connectivity index (χ2n) is 14.6. The maximum absolute atomic E-state index is 14.6. The van der Waals surface area contributed by atoms with Gasteiger partial charge in [-0.2, -0.15) is 23.4 Å². The highest BCUT2D eigenvalue weighted by molar-refractivity contribution is 7.84. The number of imidazole rings is 2. The molecule has 0 aliphatic carbocycles. The van der Waals surface area contributed by atoms with Crippen LogP contribution in [0, 0.1) is 23.2 Å². The molecule has 8 atom stereocenters. The number of anilines is 2. The van der Waals surface area contributed by atoms with Crippen LogP contribution >= 0.6 is 7.82 Å². The number of H-pyrrole nitrogens is 1. The minimum absolute atomic E-state index is 0.0291. The number of benzene rings is 1. The molecule has 2 amide bonds. The molecule has 3 saturated heterocycles. The van der Waals surface area contributed by atoms with Gasteiger partial charge < -0.3 is 14.8 Å². The summed E-state index contributed by atoms with van der Waals surface area (Å²) in [6.45, 7) is 3.46. The van der Waals surface area contributed by atoms with Crippen molar-refractivity contribution < 1.29 is 49.8 Å². The fourth-order valence-electron chi connectivity index (χ4n) is 6.94. The zero-order chi connectivity index (χ0) is 43.1. The Hall–Kier alpha value is -5.55. The lowest BCUT2D eigenvalue weighted by atomic mass is 10.0. The summed E-state index contributed by atoms with van der Waals surface area (Å²) in [7, 11) is -9.22. The summed E-state index contributed by atoms with van der Waals surface area (Å²) in [6.07, 6.45) is -2.04. The van der Waals surface area contributed by atoms with Crippen molar-refractivity contribution in [1.29, 1.82) is 5.26 Å². The Labute approximate surface area is 346 Å². The summed E-state index contributed by atoms with van der Waals surface area (Å²) in [6, 6.07) is 9.35. The number of nitriles is 1. The number of aromatic nitrogens is 8. The molecule has 2 bridgehead atoms. The highest BCUT2D eigenvalue weighted by Gasteiger charge is 2.51. The third kappa shape index (κ3) is 8.80. The van der Waals surface area contributed by atoms with E-state index in [-0.39, 0.29) is 53.5 Å². The van der Waals surface area contributed by atoms with Crippen LogP contribution in [-0.2, 0) is 46.9 Å². The van der Waals surface area contributed by atoms with Gasteiger partial charge in [-0.15, -0.1) is 0 Å². The first kappa shape index (κ1) is 42.2. The number of carbonyl (C=O) groups excluding carboxylic acids is 2. The molecule has 61 heavy (non-hydrogen) atoms. The van der Waals surface area contributed by atoms with Crippen LogP contribution in [0.15, 0.2) is 54.1 Å². The molecule has 1 unspecified atom stereocenters. The molecule has 4 N–H and O–H groups in total. The minimum atomic E-state index is -4.68. The molecule has 26 heteroatoms. The molecular formula is C35H39N12O12PS. The molecule has 7 heterocycles. The largest absolute Gasteiger partial charge is 0.475 e. The third-order valence-corrected chi connectivity index (χ3v) is 12.6. The molecule has 5 aromatic rings. The van der Waals surface area contributed by atoms with Crippen LogP contribution in [0.3, 0.4) is 0 Å². The van der Waals surface area contributed by atoms with Crippen molar-refractivity contribution in [2.24, 2.45) is 11.8 Å². The zero-order valence-corrected chi connectivity index (χ0v) is 34.3. The van der Waals surface area contributed by atoms with Crippen LogP contribution in [0.25, 0.3) is 22.3 Å². The number of phosphoric acid groups is 1. The van der Waals surface area contributed by atoms with Gasteiger partial charge in [-0.1, -0.05) is 39.0 Å². The summed E-state index contributed by atoms with van der Waals surface area (Å²) in [5, 5.41) is 14.5. The van der Waals surface area contributed by atoms with E-state index in [0.29, 0.717) is 5.56 Å². The summed E-state index contributed by atoms with van der Waals surface area (Å²) >= 11 is 0. The fourth-order valence-corrected chi connectivity index (χ4v) is 9.38. The van der Waals surface area contributed by atoms with Crippen LogP contribution in [-0.4, -0.2) is 103 Å². The molecule has 322 valence electrons. The summed E-state index contributed by atoms with van der Waals surface area (Å²) < 4.78 is 82.8. The van der Waals surface area contributed by atoms with E-state index in [9.17, 15) is 32.6 Å². The smallest absolute Gasteiger partial charge is 0.351 e. The standard InChI is InChI=1S/C35H39N12O12PS/c1-18(2)31(48)43-35-42-30-26(33(50)44-35)40-17-47(30)34-27-19(3)22(58-34)14-56-61(52,53)45-21-12-24(57-23(21)13-55-60(51,59-27)54-11-7-10-36)46-16-39-25-28(37-15-38-29(25)46)41-32(49)20-8-5-4-6-9-20/h4-6,8-9,15-19,21-24,27,34,45H,7,11-14H2,1-3H3,(H,37,38,41,49)(H2,42,43,44,48,50)/t19-,21+,22-,23-,24-,27-,34-,60?/m1/s1. The maximum atomic E-state index is 14.6. The Morgan fingerprint density at radius 2 is 1.80 bits per heavy atom. The first-order valence-electron chi connectivity index (χ1n) is 19.0. The van der Waals surface area contributed by atoms with Crippen LogP contribution in [0.5, 0.6) is 0 Å². The van der Waals surface area contributed by atoms with E-state index in [4.69, 9.17) is 27.2 Å². The number of aromatic amines is 1. The van der Waals surface area contributed by atoms with E-state index in [1.807, 2.05) is 6.07 Å². The normalized spacial score (nSPS) is 27.8. The lowest BCUT2D eigenvalue weighted by Crippen LogP contribution is -2.43. The van der Waals surface area contributed by atoms with E-state index >= 15 is 0 Å². The first-order chi connectivity index (χ1) is 29.2. The van der Waals surface area contributed by atoms with Crippen molar-refractivity contribution in [2.45, 2.75) is 70.4 Å². The average molecular weight is 883 g/mol. The van der Waals surface area contributed by atoms with Gasteiger partial charge in [-0.05, 0) is 12.1 Å². The molecule has 8 rings (SSSR count). The van der Waals surface area contributed by atoms with E-state index < -0.39 is 97.4 Å². The van der Waals surface area contributed by atoms with Crippen LogP contribution in [0.1, 0.15) is 56.4 Å². The van der Waals surface area contributed by atoms with Gasteiger partial charge in [0.05, 0.1) is 57.1 Å². The Balaban J connectivity index is 1.09. The van der Waals surface area contributed by atoms with E-state index in [1.54, 1.807) is 51.1 Å². The Kier molecular flexibility index (Phi) is 11.8. The highest BCUT2D eigenvalue weighted by atomic mass is 32.2. The molecule has 3 fully saturated rings. The number of ether oxygens (including phenoxy) is 2. The molecule has 3 aliphatic rings. The molecule has 3 aliphatic heterocycles. The van der Waals surface area contributed by atoms with Crippen molar-refractivity contribution in [3.63, 3.8) is 0 Å². The molecule has 0 spiro atoms. The quantitative estimate of drug-likeness (QED) is 0.122. The number of phosphoric ester groups is 1. The van der Waals surface area contributed by atoms with Crippen molar-refractivity contribution in [2.75, 3.05) is 30.5 Å². The van der Waals surface area contributed by atoms with Crippen molar-refractivity contribution >= 4 is 64.0 Å². The summed E-state index contributed by atoms with van der Waals surface area (Å²) in [5.74, 6) is -2.13. The summed E-state index contributed by atoms with van der Waals surface area (Å²) in [4.78, 5) is 62.4. The molecule has 0 saturated carbocycles. The lowest BCUT2D eigenvalue weighted by Gasteiger charge is -2.28. The third-order valence-electron chi connectivity index (χ3n) is 10.1. The lowest BCUT2D eigenvalue weighted by molar-refractivity contribution is -0.118. The minimum Gasteiger partial charge on any atom is -0.351 e. The van der Waals surface area contributed by atoms with Gasteiger partial charge >= 0.3 is 18.1 Å². The number of amides is 2. The number of rotatable bonds is 9. The van der Waals surface area contributed by atoms with Crippen LogP contribution < -0.4 is 20.9 Å². The zero-order valence-electron chi connectivity index (χ0n) is 32.6. The van der Waals surface area contributed by atoms with Crippen molar-refractivity contribution in [1.82, 2.24) is 43.8 Å². The Morgan fingerprint density at radius 3 is 2.57 bits per heavy atom. The molecular weight excluding hydrogens is 843 g/mol. The number of fused-ring (bicyclic) bond motifs is 5. The number of nitrogens with zero attached hydrogens (tertiary/aromatic N) is 8. The predicted molar refractivity (Wildman–Crippen MR) is 209 cm³/mol. The predicted octanol–water partition coefficient (Wildman–Crippen LogP) is 2.30. The average Bonchev–Trinajstić information content (AvgIpc) is 4.02. The van der Waals surface area contributed by atoms with Crippen LogP contribution in [0.4, 0.5) is 11.8 Å². The molecule has 0 radical (unpaired) electrons. The van der Waals surface area contributed by atoms with Crippen molar-refractivity contribution in [3.05, 3.63) is 65.2 Å². The first-order valence-corrected chi connectivity index (χ1v) is 21.8. The van der Waals surface area contributed by atoms with Gasteiger partial charge in [-0.25, -0.2) is 24.5 Å². The molecule has 24 nitrogen and oxygen atoms in total. The topological polar surface area (TPSA) is 308 Å². The Morgan fingerprint density at radius 1 is 1.03 bits per heavy atom. The molecule has 4 aromatic heterocycles. The van der Waals surface area contributed by atoms with Gasteiger partial charge in [-0.3, -0.25) is 51.6 Å². The number of nitrogens with one attached hydrogen (secondary N) is 4. The second kappa shape index (κ2) is 17.1. The van der Waals surface area contributed by atoms with Crippen molar-refractivity contribution in [3.8, 4) is 6.07 Å². The van der Waals surface area contributed by atoms with Gasteiger partial charge in [0.15, 0.2) is 34.4 Å². The summed E-state index contributed by atoms with van der Waals surface area (Å²) in [5.41, 5.74) is -0.00719. The Bertz CT molecular complexity index is 2720.